The summed E-state index contributed by atoms with van der Waals surface area (Å²) in [7, 11) is 3.28. The summed E-state index contributed by atoms with van der Waals surface area (Å²) >= 11 is 0. The number of hydrogen-bond acceptors (Lipinski definition) is 3. The number of carbonyl (C=O) groups is 1. The monoisotopic (exact) mass is 232 g/mol. The molecule has 0 fully saturated rings. The molecule has 0 atom stereocenters. The number of nitrogens with zero attached hydrogens (tertiary/aromatic N) is 2. The highest BCUT2D eigenvalue weighted by molar-refractivity contribution is 5.78. The van der Waals surface area contributed by atoms with Gasteiger partial charge in [0.2, 0.25) is 5.91 Å². The van der Waals surface area contributed by atoms with Crippen LogP contribution in [0, 0.1) is 18.3 Å². The Morgan fingerprint density at radius 3 is 2.82 bits per heavy atom. The van der Waals surface area contributed by atoms with Gasteiger partial charge in [-0.15, -0.1) is 0 Å². The minimum Gasteiger partial charge on any atom is -0.496 e. The van der Waals surface area contributed by atoms with Crippen LogP contribution in [0.2, 0.25) is 0 Å². The van der Waals surface area contributed by atoms with Gasteiger partial charge in [0, 0.05) is 19.2 Å². The molecule has 0 aliphatic heterocycles. The lowest BCUT2D eigenvalue weighted by Gasteiger charge is -2.18. The van der Waals surface area contributed by atoms with Crippen molar-refractivity contribution in [2.75, 3.05) is 14.2 Å². The van der Waals surface area contributed by atoms with Crippen molar-refractivity contribution in [3.8, 4) is 11.8 Å². The number of hydrogen-bond donors (Lipinski definition) is 0. The van der Waals surface area contributed by atoms with Crippen molar-refractivity contribution < 1.29 is 9.53 Å². The maximum atomic E-state index is 11.5. The third-order valence-electron chi connectivity index (χ3n) is 2.50. The molecule has 1 aromatic rings. The first-order valence-electron chi connectivity index (χ1n) is 5.33. The minimum atomic E-state index is -0.184. The van der Waals surface area contributed by atoms with Crippen LogP contribution in [0.15, 0.2) is 18.2 Å². The van der Waals surface area contributed by atoms with E-state index >= 15 is 0 Å². The second-order valence-electron chi connectivity index (χ2n) is 3.90. The Labute approximate surface area is 101 Å². The Morgan fingerprint density at radius 1 is 1.53 bits per heavy atom. The lowest BCUT2D eigenvalue weighted by Crippen LogP contribution is -2.25. The molecule has 0 aliphatic carbocycles. The maximum Gasteiger partial charge on any atom is 0.236 e. The number of carbonyl (C=O) groups excluding carboxylic acids is 1. The van der Waals surface area contributed by atoms with E-state index in [9.17, 15) is 4.79 Å². The van der Waals surface area contributed by atoms with Crippen LogP contribution in [0.1, 0.15) is 17.5 Å². The van der Waals surface area contributed by atoms with Gasteiger partial charge in [-0.1, -0.05) is 17.7 Å². The molecule has 0 heterocycles. The fraction of sp³-hybridized carbons (Fsp3) is 0.385. The van der Waals surface area contributed by atoms with Crippen molar-refractivity contribution >= 4 is 5.91 Å². The minimum absolute atomic E-state index is 0.0926. The molecule has 1 aromatic carbocycles. The van der Waals surface area contributed by atoms with E-state index < -0.39 is 0 Å². The van der Waals surface area contributed by atoms with Crippen LogP contribution in [0.3, 0.4) is 0 Å². The largest absolute Gasteiger partial charge is 0.496 e. The van der Waals surface area contributed by atoms with Crippen LogP contribution in [0.25, 0.3) is 0 Å². The van der Waals surface area contributed by atoms with Crippen LogP contribution >= 0.6 is 0 Å². The SMILES string of the molecule is COc1ccc(C)cc1CN(C)C(=O)CC#N. The van der Waals surface area contributed by atoms with Crippen LogP contribution in [0.4, 0.5) is 0 Å². The highest BCUT2D eigenvalue weighted by Crippen LogP contribution is 2.21. The van der Waals surface area contributed by atoms with Crippen molar-refractivity contribution in [3.05, 3.63) is 29.3 Å². The van der Waals surface area contributed by atoms with Gasteiger partial charge < -0.3 is 9.64 Å². The van der Waals surface area contributed by atoms with E-state index in [4.69, 9.17) is 10.00 Å². The summed E-state index contributed by atoms with van der Waals surface area (Å²) in [5.74, 6) is 0.572. The predicted molar refractivity (Wildman–Crippen MR) is 64.4 cm³/mol. The van der Waals surface area contributed by atoms with E-state index in [1.54, 1.807) is 14.2 Å². The van der Waals surface area contributed by atoms with Gasteiger partial charge in [-0.3, -0.25) is 4.79 Å². The molecule has 1 amide bonds. The number of benzene rings is 1. The van der Waals surface area contributed by atoms with E-state index in [2.05, 4.69) is 0 Å². The maximum absolute atomic E-state index is 11.5. The van der Waals surface area contributed by atoms with Gasteiger partial charge >= 0.3 is 0 Å². The van der Waals surface area contributed by atoms with Gasteiger partial charge in [0.25, 0.3) is 0 Å². The number of nitriles is 1. The highest BCUT2D eigenvalue weighted by Gasteiger charge is 2.11. The summed E-state index contributed by atoms with van der Waals surface area (Å²) in [5.41, 5.74) is 2.06. The number of ether oxygens (including phenoxy) is 1. The molecule has 90 valence electrons. The molecule has 0 spiro atoms. The molecule has 0 bridgehead atoms. The molecule has 0 saturated carbocycles. The summed E-state index contributed by atoms with van der Waals surface area (Å²) in [4.78, 5) is 13.0. The zero-order valence-corrected chi connectivity index (χ0v) is 10.4. The smallest absolute Gasteiger partial charge is 0.236 e. The fourth-order valence-corrected chi connectivity index (χ4v) is 1.58. The first kappa shape index (κ1) is 13.0. The Hall–Kier alpha value is -2.02. The van der Waals surface area contributed by atoms with Gasteiger partial charge in [-0.05, 0) is 13.0 Å². The van der Waals surface area contributed by atoms with E-state index in [0.717, 1.165) is 16.9 Å². The Balaban J connectivity index is 2.84. The average molecular weight is 232 g/mol. The number of aryl methyl sites for hydroxylation is 1. The molecule has 0 aromatic heterocycles. The molecule has 0 N–H and O–H groups in total. The van der Waals surface area contributed by atoms with E-state index in [0.29, 0.717) is 6.54 Å². The lowest BCUT2D eigenvalue weighted by molar-refractivity contribution is -0.129. The fourth-order valence-electron chi connectivity index (χ4n) is 1.58. The zero-order valence-electron chi connectivity index (χ0n) is 10.4. The van der Waals surface area contributed by atoms with Gasteiger partial charge in [0.1, 0.15) is 12.2 Å². The second kappa shape index (κ2) is 5.90. The molecular weight excluding hydrogens is 216 g/mol. The quantitative estimate of drug-likeness (QED) is 0.796. The molecular formula is C13H16N2O2. The van der Waals surface area contributed by atoms with Gasteiger partial charge in [-0.25, -0.2) is 0 Å². The zero-order chi connectivity index (χ0) is 12.8. The van der Waals surface area contributed by atoms with E-state index in [1.807, 2.05) is 31.2 Å². The topological polar surface area (TPSA) is 53.3 Å². The van der Waals surface area contributed by atoms with Gasteiger partial charge in [0.15, 0.2) is 0 Å². The third-order valence-corrected chi connectivity index (χ3v) is 2.50. The van der Waals surface area contributed by atoms with Crippen molar-refractivity contribution in [1.29, 1.82) is 5.26 Å². The number of rotatable bonds is 4. The average Bonchev–Trinajstić information content (AvgIpc) is 2.29. The van der Waals surface area contributed by atoms with Gasteiger partial charge in [-0.2, -0.15) is 5.26 Å². The number of amides is 1. The molecule has 4 heteroatoms. The van der Waals surface area contributed by atoms with Gasteiger partial charge in [0.05, 0.1) is 13.2 Å². The highest BCUT2D eigenvalue weighted by atomic mass is 16.5. The van der Waals surface area contributed by atoms with Crippen molar-refractivity contribution in [1.82, 2.24) is 4.90 Å². The Kier molecular flexibility index (Phi) is 4.53. The molecule has 0 aliphatic rings. The second-order valence-corrected chi connectivity index (χ2v) is 3.90. The van der Waals surface area contributed by atoms with Crippen LogP contribution in [-0.2, 0) is 11.3 Å². The summed E-state index contributed by atoms with van der Waals surface area (Å²) in [6, 6.07) is 7.67. The van der Waals surface area contributed by atoms with Crippen molar-refractivity contribution in [3.63, 3.8) is 0 Å². The molecule has 0 saturated heterocycles. The number of methoxy groups -OCH3 is 1. The summed E-state index contributed by atoms with van der Waals surface area (Å²) in [6.45, 7) is 2.44. The molecule has 17 heavy (non-hydrogen) atoms. The van der Waals surface area contributed by atoms with E-state index in [1.165, 1.54) is 4.90 Å². The first-order valence-corrected chi connectivity index (χ1v) is 5.33. The molecule has 4 nitrogen and oxygen atoms in total. The van der Waals surface area contributed by atoms with Crippen molar-refractivity contribution in [2.24, 2.45) is 0 Å². The standard InChI is InChI=1S/C13H16N2O2/c1-10-4-5-12(17-3)11(8-10)9-15(2)13(16)6-7-14/h4-5,8H,6,9H2,1-3H3. The molecule has 0 radical (unpaired) electrons. The van der Waals surface area contributed by atoms with Crippen LogP contribution in [-0.4, -0.2) is 25.0 Å². The predicted octanol–water partition coefficient (Wildman–Crippen LogP) is 1.88. The summed E-state index contributed by atoms with van der Waals surface area (Å²) in [6.07, 6.45) is -0.0926. The van der Waals surface area contributed by atoms with E-state index in [-0.39, 0.29) is 12.3 Å². The molecule has 1 rings (SSSR count). The third kappa shape index (κ3) is 3.49. The first-order chi connectivity index (χ1) is 8.08. The Bertz CT molecular complexity index is 449. The normalized spacial score (nSPS) is 9.53. The Morgan fingerprint density at radius 2 is 2.24 bits per heavy atom. The molecule has 0 unspecified atom stereocenters. The van der Waals surface area contributed by atoms with Crippen molar-refractivity contribution in [2.45, 2.75) is 19.9 Å². The lowest BCUT2D eigenvalue weighted by atomic mass is 10.1. The summed E-state index contributed by atoms with van der Waals surface area (Å²) in [5, 5.41) is 8.47. The van der Waals surface area contributed by atoms with Crippen LogP contribution < -0.4 is 4.74 Å². The summed E-state index contributed by atoms with van der Waals surface area (Å²) < 4.78 is 5.24. The van der Waals surface area contributed by atoms with Crippen LogP contribution in [0.5, 0.6) is 5.75 Å².